The number of hydrogen-bond donors (Lipinski definition) is 4. The van der Waals surface area contributed by atoms with Gasteiger partial charge in [-0.1, -0.05) is 66.7 Å². The van der Waals surface area contributed by atoms with Crippen molar-refractivity contribution in [2.24, 2.45) is 0 Å². The van der Waals surface area contributed by atoms with Crippen molar-refractivity contribution in [1.82, 2.24) is 0 Å². The van der Waals surface area contributed by atoms with Crippen LogP contribution in [0.2, 0.25) is 0 Å². The maximum absolute atomic E-state index is 13.0. The molecule has 0 aliphatic rings. The predicted octanol–water partition coefficient (Wildman–Crippen LogP) is 5.67. The number of nitrogens with two attached hydrogens (primary N) is 1. The lowest BCUT2D eigenvalue weighted by atomic mass is 10.1. The topological polar surface area (TPSA) is 123 Å². The van der Waals surface area contributed by atoms with Crippen LogP contribution < -0.4 is 21.1 Å². The Morgan fingerprint density at radius 2 is 1.63 bits per heavy atom. The zero-order chi connectivity index (χ0) is 26.7. The number of carbonyl (C=O) groups is 2. The molecule has 4 rings (SSSR count). The Balaban J connectivity index is 1.49. The van der Waals surface area contributed by atoms with Crippen LogP contribution in [0.1, 0.15) is 18.1 Å². The highest BCUT2D eigenvalue weighted by Gasteiger charge is 2.18. The largest absolute Gasteiger partial charge is 0.491 e. The quantitative estimate of drug-likeness (QED) is 0.161. The van der Waals surface area contributed by atoms with Crippen molar-refractivity contribution in [2.75, 3.05) is 29.6 Å². The highest BCUT2D eigenvalue weighted by Crippen LogP contribution is 2.28. The van der Waals surface area contributed by atoms with Gasteiger partial charge in [-0.25, -0.2) is 4.79 Å². The molecule has 0 saturated heterocycles. The molecule has 4 aromatic carbocycles. The molecule has 0 saturated carbocycles. The minimum Gasteiger partial charge on any atom is -0.491 e. The Kier molecular flexibility index (Phi) is 8.93. The van der Waals surface area contributed by atoms with Crippen molar-refractivity contribution in [1.29, 1.82) is 0 Å². The number of anilines is 3. The van der Waals surface area contributed by atoms with Crippen molar-refractivity contribution in [3.63, 3.8) is 0 Å². The van der Waals surface area contributed by atoms with Gasteiger partial charge in [0, 0.05) is 11.8 Å². The number of carbonyl (C=O) groups excluding carboxylic acids is 2. The molecule has 0 aliphatic carbocycles. The first-order chi connectivity index (χ1) is 18.5. The molecule has 0 heterocycles. The third kappa shape index (κ3) is 7.11. The summed E-state index contributed by atoms with van der Waals surface area (Å²) >= 11 is 0. The maximum Gasteiger partial charge on any atom is 0.412 e. The molecule has 0 fully saturated rings. The van der Waals surface area contributed by atoms with Crippen LogP contribution in [0.5, 0.6) is 5.75 Å². The fourth-order valence-electron chi connectivity index (χ4n) is 3.91. The first kappa shape index (κ1) is 26.2. The van der Waals surface area contributed by atoms with Gasteiger partial charge < -0.3 is 25.6 Å². The van der Waals surface area contributed by atoms with E-state index in [1.165, 1.54) is 6.08 Å². The van der Waals surface area contributed by atoms with Crippen LogP contribution in [0.25, 0.3) is 10.8 Å². The zero-order valence-electron chi connectivity index (χ0n) is 20.7. The van der Waals surface area contributed by atoms with E-state index in [0.29, 0.717) is 28.4 Å². The van der Waals surface area contributed by atoms with Crippen molar-refractivity contribution >= 4 is 39.8 Å². The lowest BCUT2D eigenvalue weighted by Crippen LogP contribution is -2.18. The van der Waals surface area contributed by atoms with Crippen molar-refractivity contribution < 1.29 is 24.2 Å². The van der Waals surface area contributed by atoms with Crippen LogP contribution in [0.4, 0.5) is 21.9 Å². The van der Waals surface area contributed by atoms with Crippen LogP contribution in [-0.2, 0) is 9.53 Å². The van der Waals surface area contributed by atoms with Gasteiger partial charge in [-0.3, -0.25) is 10.1 Å². The summed E-state index contributed by atoms with van der Waals surface area (Å²) < 4.78 is 11.3. The Hall–Kier alpha value is -4.82. The molecule has 0 radical (unpaired) electrons. The summed E-state index contributed by atoms with van der Waals surface area (Å²) in [6.07, 6.45) is 1.88. The molecular formula is C30H29N3O5. The number of rotatable bonds is 10. The lowest BCUT2D eigenvalue weighted by Gasteiger charge is -2.19. The number of nitrogens with one attached hydrogen (secondary N) is 2. The second-order valence-corrected chi connectivity index (χ2v) is 8.40. The van der Waals surface area contributed by atoms with Gasteiger partial charge in [0.05, 0.1) is 23.7 Å². The first-order valence-electron chi connectivity index (χ1n) is 12.1. The van der Waals surface area contributed by atoms with E-state index in [0.717, 1.165) is 10.8 Å². The minimum atomic E-state index is -0.714. The second kappa shape index (κ2) is 12.9. The van der Waals surface area contributed by atoms with Gasteiger partial charge in [0.2, 0.25) is 5.91 Å². The number of amides is 2. The molecule has 194 valence electrons. The highest BCUT2D eigenvalue weighted by molar-refractivity contribution is 6.01. The number of aliphatic hydroxyl groups is 1. The van der Waals surface area contributed by atoms with E-state index >= 15 is 0 Å². The standard InChI is InChI=1S/C30H29N3O5/c31-25-13-3-4-14-27(25)32-29(35)17-7-16-28(22-10-5-11-23(20-22)37-19-18-34)38-30(36)33-26-15-6-9-21-8-1-2-12-24(21)26/h1-15,17,20,28,34H,16,18-19,31H2,(H,32,35)(H,33,36)/b17-7+/t28-/m0/s1. The van der Waals surface area contributed by atoms with Crippen molar-refractivity contribution in [3.05, 3.63) is 109 Å². The number of aliphatic hydroxyl groups excluding tert-OH is 1. The third-order valence-electron chi connectivity index (χ3n) is 5.70. The summed E-state index contributed by atoms with van der Waals surface area (Å²) in [7, 11) is 0. The zero-order valence-corrected chi connectivity index (χ0v) is 20.7. The molecule has 0 aliphatic heterocycles. The fourth-order valence-corrected chi connectivity index (χ4v) is 3.91. The van der Waals surface area contributed by atoms with E-state index in [-0.39, 0.29) is 25.5 Å². The van der Waals surface area contributed by atoms with E-state index in [9.17, 15) is 9.59 Å². The fraction of sp³-hybridized carbons (Fsp3) is 0.133. The Bertz CT molecular complexity index is 1430. The molecule has 0 spiro atoms. The number of para-hydroxylation sites is 2. The monoisotopic (exact) mass is 511 g/mol. The molecule has 8 heteroatoms. The van der Waals surface area contributed by atoms with Crippen LogP contribution in [0, 0.1) is 0 Å². The number of hydrogen-bond acceptors (Lipinski definition) is 6. The van der Waals surface area contributed by atoms with E-state index < -0.39 is 12.2 Å². The smallest absolute Gasteiger partial charge is 0.412 e. The van der Waals surface area contributed by atoms with Gasteiger partial charge in [0.1, 0.15) is 18.5 Å². The Labute approximate surface area is 220 Å². The molecule has 0 aromatic heterocycles. The van der Waals surface area contributed by atoms with Crippen molar-refractivity contribution in [3.8, 4) is 5.75 Å². The Morgan fingerprint density at radius 3 is 2.47 bits per heavy atom. The summed E-state index contributed by atoms with van der Waals surface area (Å²) in [6.45, 7) is 0.0145. The van der Waals surface area contributed by atoms with E-state index in [1.807, 2.05) is 42.5 Å². The summed E-state index contributed by atoms with van der Waals surface area (Å²) in [5, 5.41) is 16.5. The predicted molar refractivity (Wildman–Crippen MR) is 149 cm³/mol. The summed E-state index contributed by atoms with van der Waals surface area (Å²) in [6, 6.07) is 27.4. The van der Waals surface area contributed by atoms with Crippen LogP contribution in [0.15, 0.2) is 103 Å². The molecule has 2 amide bonds. The minimum absolute atomic E-state index is 0.124. The van der Waals surface area contributed by atoms with Gasteiger partial charge in [-0.2, -0.15) is 0 Å². The van der Waals surface area contributed by atoms with Gasteiger partial charge in [0.15, 0.2) is 0 Å². The molecule has 8 nitrogen and oxygen atoms in total. The van der Waals surface area contributed by atoms with E-state index in [2.05, 4.69) is 10.6 Å². The van der Waals surface area contributed by atoms with E-state index in [4.69, 9.17) is 20.3 Å². The molecule has 0 bridgehead atoms. The summed E-state index contributed by atoms with van der Waals surface area (Å²) in [4.78, 5) is 25.4. The van der Waals surface area contributed by atoms with Crippen LogP contribution in [0.3, 0.4) is 0 Å². The molecular weight excluding hydrogens is 482 g/mol. The van der Waals surface area contributed by atoms with Gasteiger partial charge in [-0.15, -0.1) is 0 Å². The molecule has 0 unspecified atom stereocenters. The summed E-state index contributed by atoms with van der Waals surface area (Å²) in [5.41, 5.74) is 8.16. The van der Waals surface area contributed by atoms with Gasteiger partial charge in [-0.05, 0) is 47.4 Å². The molecule has 38 heavy (non-hydrogen) atoms. The van der Waals surface area contributed by atoms with Crippen molar-refractivity contribution in [2.45, 2.75) is 12.5 Å². The number of benzene rings is 4. The lowest BCUT2D eigenvalue weighted by molar-refractivity contribution is -0.111. The number of ether oxygens (including phenoxy) is 2. The Morgan fingerprint density at radius 1 is 0.895 bits per heavy atom. The van der Waals surface area contributed by atoms with Gasteiger partial charge >= 0.3 is 6.09 Å². The maximum atomic E-state index is 13.0. The third-order valence-corrected chi connectivity index (χ3v) is 5.70. The second-order valence-electron chi connectivity index (χ2n) is 8.40. The average molecular weight is 512 g/mol. The van der Waals surface area contributed by atoms with E-state index in [1.54, 1.807) is 54.6 Å². The number of fused-ring (bicyclic) bond motifs is 1. The average Bonchev–Trinajstić information content (AvgIpc) is 2.93. The SMILES string of the molecule is Nc1ccccc1NC(=O)/C=C/C[C@H](OC(=O)Nc1cccc2ccccc12)c1cccc(OCCO)c1. The van der Waals surface area contributed by atoms with Crippen LogP contribution in [-0.4, -0.2) is 30.3 Å². The first-order valence-corrected chi connectivity index (χ1v) is 12.1. The van der Waals surface area contributed by atoms with Crippen LogP contribution >= 0.6 is 0 Å². The molecule has 1 atom stereocenters. The molecule has 5 N–H and O–H groups in total. The summed E-state index contributed by atoms with van der Waals surface area (Å²) in [5.74, 6) is 0.169. The number of nitrogen functional groups attached to an aromatic ring is 1. The normalized spacial score (nSPS) is 11.7. The molecule has 4 aromatic rings. The van der Waals surface area contributed by atoms with Gasteiger partial charge in [0.25, 0.3) is 0 Å². The highest BCUT2D eigenvalue weighted by atomic mass is 16.6.